The van der Waals surface area contributed by atoms with Crippen LogP contribution >= 0.6 is 0 Å². The number of rotatable bonds is 2. The van der Waals surface area contributed by atoms with Crippen LogP contribution in [0.3, 0.4) is 0 Å². The van der Waals surface area contributed by atoms with E-state index in [1.54, 1.807) is 27.7 Å². The summed E-state index contributed by atoms with van der Waals surface area (Å²) in [6.07, 6.45) is -0.230. The van der Waals surface area contributed by atoms with Crippen LogP contribution in [-0.2, 0) is 35.3 Å². The molecule has 20 heavy (non-hydrogen) atoms. The van der Waals surface area contributed by atoms with Gasteiger partial charge in [0.15, 0.2) is 0 Å². The van der Waals surface area contributed by atoms with Crippen molar-refractivity contribution in [3.63, 3.8) is 0 Å². The topological polar surface area (TPSA) is 76.1 Å². The number of carbonyl (C=O) groups excluding carboxylic acids is 2. The average molecular weight is 466 g/mol. The third-order valence-corrected chi connectivity index (χ3v) is 2.49. The molecule has 0 fully saturated rings. The minimum atomic E-state index is -0.585. The molecule has 0 unspecified atom stereocenters. The molecule has 1 amide bonds. The van der Waals surface area contributed by atoms with Gasteiger partial charge in [0.05, 0.1) is 18.7 Å². The number of aliphatic hydroxyl groups excluding tert-OH is 1. The van der Waals surface area contributed by atoms with Crippen molar-refractivity contribution in [2.24, 2.45) is 0 Å². The first kappa shape index (κ1) is 19.0. The van der Waals surface area contributed by atoms with Crippen molar-refractivity contribution in [3.8, 4) is 0 Å². The van der Waals surface area contributed by atoms with E-state index in [0.717, 1.165) is 0 Å². The summed E-state index contributed by atoms with van der Waals surface area (Å²) in [5, 5.41) is 9.81. The Kier molecular flexibility index (Phi) is 7.28. The van der Waals surface area contributed by atoms with Gasteiger partial charge in [0.1, 0.15) is 11.4 Å². The van der Waals surface area contributed by atoms with E-state index in [2.05, 4.69) is 0 Å². The molecule has 6 nitrogen and oxygen atoms in total. The summed E-state index contributed by atoms with van der Waals surface area (Å²) >= 11 is 0. The number of aliphatic hydroxyl groups is 1. The van der Waals surface area contributed by atoms with E-state index in [9.17, 15) is 14.7 Å². The number of amides is 1. The maximum Gasteiger partial charge on any atom is 0.410 e. The van der Waals surface area contributed by atoms with E-state index >= 15 is 0 Å². The molecular formula is C13H21NO5Pt. The van der Waals surface area contributed by atoms with Crippen LogP contribution in [0.2, 0.25) is 0 Å². The minimum Gasteiger partial charge on any atom is -0.510 e. The van der Waals surface area contributed by atoms with Crippen molar-refractivity contribution in [3.05, 3.63) is 11.3 Å². The number of carbonyl (C=O) groups is 2. The second kappa shape index (κ2) is 7.67. The van der Waals surface area contributed by atoms with Crippen LogP contribution in [0, 0.1) is 0 Å². The molecule has 7 heteroatoms. The fourth-order valence-corrected chi connectivity index (χ4v) is 1.67. The third-order valence-electron chi connectivity index (χ3n) is 2.49. The fraction of sp³-hybridized carbons (Fsp3) is 0.692. The minimum absolute atomic E-state index is 0. The van der Waals surface area contributed by atoms with Gasteiger partial charge in [0.2, 0.25) is 0 Å². The second-order valence-corrected chi connectivity index (χ2v) is 5.30. The predicted molar refractivity (Wildman–Crippen MR) is 68.7 cm³/mol. The Morgan fingerprint density at radius 2 is 1.95 bits per heavy atom. The summed E-state index contributed by atoms with van der Waals surface area (Å²) in [6, 6.07) is 0. The van der Waals surface area contributed by atoms with Crippen molar-refractivity contribution < 1.29 is 45.2 Å². The SMILES string of the molecule is CCOC(=O)C1=C(O)CN(C(=O)OC(C)(C)C)CC1.[Pt]. The normalized spacial score (nSPS) is 15.5. The number of hydrogen-bond acceptors (Lipinski definition) is 5. The van der Waals surface area contributed by atoms with Gasteiger partial charge in [-0.3, -0.25) is 0 Å². The molecule has 0 aliphatic carbocycles. The van der Waals surface area contributed by atoms with E-state index < -0.39 is 17.7 Å². The standard InChI is InChI=1S/C13H21NO5.Pt/c1-5-18-11(16)9-6-7-14(8-10(9)15)12(17)19-13(2,3)4;/h15H,5-8H2,1-4H3;. The van der Waals surface area contributed by atoms with Crippen LogP contribution in [0.1, 0.15) is 34.1 Å². The van der Waals surface area contributed by atoms with E-state index in [0.29, 0.717) is 6.54 Å². The molecule has 0 radical (unpaired) electrons. The van der Waals surface area contributed by atoms with E-state index in [1.807, 2.05) is 0 Å². The summed E-state index contributed by atoms with van der Waals surface area (Å²) in [6.45, 7) is 7.57. The zero-order valence-electron chi connectivity index (χ0n) is 12.2. The third kappa shape index (κ3) is 5.53. The van der Waals surface area contributed by atoms with Gasteiger partial charge in [-0.25, -0.2) is 9.59 Å². The quantitative estimate of drug-likeness (QED) is 0.631. The molecule has 0 spiro atoms. The molecule has 0 aromatic heterocycles. The van der Waals surface area contributed by atoms with Crippen LogP contribution in [0.4, 0.5) is 4.79 Å². The number of hydrogen-bond donors (Lipinski definition) is 1. The number of nitrogens with zero attached hydrogens (tertiary/aromatic N) is 1. The largest absolute Gasteiger partial charge is 0.510 e. The van der Waals surface area contributed by atoms with Gasteiger partial charge in [-0.05, 0) is 27.7 Å². The Morgan fingerprint density at radius 1 is 1.35 bits per heavy atom. The zero-order valence-corrected chi connectivity index (χ0v) is 14.4. The van der Waals surface area contributed by atoms with Crippen LogP contribution in [0.15, 0.2) is 11.3 Å². The van der Waals surface area contributed by atoms with Crippen molar-refractivity contribution in [1.29, 1.82) is 0 Å². The molecule has 0 saturated carbocycles. The van der Waals surface area contributed by atoms with Crippen molar-refractivity contribution in [2.75, 3.05) is 19.7 Å². The molecule has 0 aromatic carbocycles. The van der Waals surface area contributed by atoms with Gasteiger partial charge >= 0.3 is 12.1 Å². The average Bonchev–Trinajstić information content (AvgIpc) is 2.26. The predicted octanol–water partition coefficient (Wildman–Crippen LogP) is 2.00. The van der Waals surface area contributed by atoms with Gasteiger partial charge in [0.25, 0.3) is 0 Å². The molecule has 0 bridgehead atoms. The van der Waals surface area contributed by atoms with E-state index in [-0.39, 0.29) is 52.0 Å². The first-order valence-electron chi connectivity index (χ1n) is 6.30. The maximum absolute atomic E-state index is 11.8. The van der Waals surface area contributed by atoms with Crippen molar-refractivity contribution >= 4 is 12.1 Å². The number of esters is 1. The maximum atomic E-state index is 11.8. The van der Waals surface area contributed by atoms with Gasteiger partial charge in [-0.15, -0.1) is 0 Å². The Bertz CT molecular complexity index is 400. The van der Waals surface area contributed by atoms with Crippen molar-refractivity contribution in [1.82, 2.24) is 4.90 Å². The summed E-state index contributed by atoms with van der Waals surface area (Å²) in [5.74, 6) is -0.653. The Morgan fingerprint density at radius 3 is 2.40 bits per heavy atom. The first-order valence-corrected chi connectivity index (χ1v) is 6.30. The number of ether oxygens (including phenoxy) is 2. The summed E-state index contributed by atoms with van der Waals surface area (Å²) in [4.78, 5) is 24.7. The molecule has 118 valence electrons. The monoisotopic (exact) mass is 466 g/mol. The fourth-order valence-electron chi connectivity index (χ4n) is 1.67. The molecule has 0 saturated heterocycles. The molecule has 0 atom stereocenters. The van der Waals surface area contributed by atoms with Gasteiger partial charge in [-0.2, -0.15) is 0 Å². The molecular weight excluding hydrogens is 445 g/mol. The Hall–Kier alpha value is -1.03. The molecule has 1 heterocycles. The molecule has 1 aliphatic rings. The van der Waals surface area contributed by atoms with Crippen LogP contribution in [0.5, 0.6) is 0 Å². The van der Waals surface area contributed by atoms with Crippen molar-refractivity contribution in [2.45, 2.75) is 39.7 Å². The van der Waals surface area contributed by atoms with Gasteiger partial charge in [-0.1, -0.05) is 0 Å². The second-order valence-electron chi connectivity index (χ2n) is 5.30. The van der Waals surface area contributed by atoms with Crippen LogP contribution < -0.4 is 0 Å². The summed E-state index contributed by atoms with van der Waals surface area (Å²) < 4.78 is 10.0. The molecule has 1 rings (SSSR count). The molecule has 1 N–H and O–H groups in total. The molecule has 0 aromatic rings. The smallest absolute Gasteiger partial charge is 0.410 e. The molecule has 1 aliphatic heterocycles. The van der Waals surface area contributed by atoms with Gasteiger partial charge < -0.3 is 19.5 Å². The van der Waals surface area contributed by atoms with Gasteiger partial charge in [0, 0.05) is 34.0 Å². The Labute approximate surface area is 133 Å². The Balaban J connectivity index is 0.00000361. The first-order chi connectivity index (χ1) is 8.74. The summed E-state index contributed by atoms with van der Waals surface area (Å²) in [7, 11) is 0. The van der Waals surface area contributed by atoms with E-state index in [1.165, 1.54) is 4.90 Å². The summed E-state index contributed by atoms with van der Waals surface area (Å²) in [5.41, 5.74) is -0.348. The van der Waals surface area contributed by atoms with Crippen LogP contribution in [-0.4, -0.2) is 47.4 Å². The van der Waals surface area contributed by atoms with Crippen LogP contribution in [0.25, 0.3) is 0 Å². The zero-order chi connectivity index (χ0) is 14.6. The van der Waals surface area contributed by atoms with E-state index in [4.69, 9.17) is 9.47 Å².